The van der Waals surface area contributed by atoms with Gasteiger partial charge in [0.05, 0.1) is 17.4 Å². The topological polar surface area (TPSA) is 55.9 Å². The number of fused-ring (bicyclic) bond motifs is 1. The van der Waals surface area contributed by atoms with Gasteiger partial charge in [0, 0.05) is 12.6 Å². The lowest BCUT2D eigenvalue weighted by atomic mass is 10.1. The summed E-state index contributed by atoms with van der Waals surface area (Å²) in [5.41, 5.74) is 6.23. The molecule has 1 aromatic carbocycles. The molecule has 0 radical (unpaired) electrons. The van der Waals surface area contributed by atoms with Crippen molar-refractivity contribution in [2.75, 3.05) is 0 Å². The van der Waals surface area contributed by atoms with Crippen molar-refractivity contribution in [2.24, 2.45) is 5.84 Å². The maximum Gasteiger partial charge on any atom is 0.0958 e. The fraction of sp³-hybridized carbons (Fsp3) is 0.357. The van der Waals surface area contributed by atoms with Crippen molar-refractivity contribution >= 4 is 11.0 Å². The van der Waals surface area contributed by atoms with E-state index in [4.69, 9.17) is 5.84 Å². The van der Waals surface area contributed by atoms with Crippen LogP contribution in [0.15, 0.2) is 42.7 Å². The van der Waals surface area contributed by atoms with Crippen molar-refractivity contribution in [3.63, 3.8) is 0 Å². The molecule has 1 aromatic heterocycles. The Balaban J connectivity index is 2.14. The molecule has 96 valence electrons. The van der Waals surface area contributed by atoms with Gasteiger partial charge in [-0.25, -0.2) is 4.98 Å². The summed E-state index contributed by atoms with van der Waals surface area (Å²) in [6, 6.07) is 8.30. The minimum atomic E-state index is 0.190. The van der Waals surface area contributed by atoms with Crippen molar-refractivity contribution < 1.29 is 0 Å². The van der Waals surface area contributed by atoms with E-state index in [1.165, 1.54) is 5.57 Å². The molecule has 1 atom stereocenters. The molecule has 1 heterocycles. The number of nitrogens with two attached hydrogens (primary N) is 1. The number of para-hydroxylation sites is 2. The first kappa shape index (κ1) is 12.8. The second kappa shape index (κ2) is 5.80. The number of benzene rings is 1. The van der Waals surface area contributed by atoms with Crippen molar-refractivity contribution in [2.45, 2.75) is 32.4 Å². The Bertz CT molecular complexity index is 529. The zero-order valence-electron chi connectivity index (χ0n) is 10.8. The fourth-order valence-electron chi connectivity index (χ4n) is 2.06. The molecule has 0 fully saturated rings. The van der Waals surface area contributed by atoms with E-state index in [1.54, 1.807) is 0 Å². The largest absolute Gasteiger partial charge is 0.329 e. The second-order valence-corrected chi connectivity index (χ2v) is 4.56. The monoisotopic (exact) mass is 244 g/mol. The van der Waals surface area contributed by atoms with Gasteiger partial charge in [-0.2, -0.15) is 0 Å². The number of nitrogens with zero attached hydrogens (tertiary/aromatic N) is 2. The molecule has 0 saturated heterocycles. The molecule has 0 amide bonds. The third-order valence-electron chi connectivity index (χ3n) is 3.22. The standard InChI is InChI=1S/C14H20N4/c1-3-11(2)8-12(17-15)9-18-10-16-13-6-4-5-7-14(13)18/h4-7,10,12,17H,2-3,8-9,15H2,1H3. The molecular formula is C14H20N4. The molecular weight excluding hydrogens is 224 g/mol. The number of nitrogens with one attached hydrogen (secondary N) is 1. The molecule has 18 heavy (non-hydrogen) atoms. The van der Waals surface area contributed by atoms with E-state index >= 15 is 0 Å². The lowest BCUT2D eigenvalue weighted by molar-refractivity contribution is 0.457. The van der Waals surface area contributed by atoms with Crippen LogP contribution in [-0.4, -0.2) is 15.6 Å². The van der Waals surface area contributed by atoms with Crippen LogP contribution in [0.1, 0.15) is 19.8 Å². The summed E-state index contributed by atoms with van der Waals surface area (Å²) in [7, 11) is 0. The van der Waals surface area contributed by atoms with Crippen LogP contribution in [0.25, 0.3) is 11.0 Å². The molecule has 0 aliphatic heterocycles. The predicted octanol–water partition coefficient (Wildman–Crippen LogP) is 2.22. The van der Waals surface area contributed by atoms with E-state index in [9.17, 15) is 0 Å². The van der Waals surface area contributed by atoms with Crippen molar-refractivity contribution in [1.29, 1.82) is 0 Å². The van der Waals surface area contributed by atoms with Crippen molar-refractivity contribution in [1.82, 2.24) is 15.0 Å². The van der Waals surface area contributed by atoms with E-state index < -0.39 is 0 Å². The zero-order valence-corrected chi connectivity index (χ0v) is 10.8. The van der Waals surface area contributed by atoms with Gasteiger partial charge in [-0.3, -0.25) is 11.3 Å². The first-order valence-corrected chi connectivity index (χ1v) is 6.27. The van der Waals surface area contributed by atoms with Crippen LogP contribution >= 0.6 is 0 Å². The molecule has 0 saturated carbocycles. The van der Waals surface area contributed by atoms with Crippen LogP contribution in [0, 0.1) is 0 Å². The van der Waals surface area contributed by atoms with E-state index in [2.05, 4.69) is 34.5 Å². The number of imidazole rings is 1. The molecule has 4 heteroatoms. The van der Waals surface area contributed by atoms with E-state index in [0.717, 1.165) is 30.4 Å². The molecule has 1 unspecified atom stereocenters. The Morgan fingerprint density at radius 1 is 1.50 bits per heavy atom. The third-order valence-corrected chi connectivity index (χ3v) is 3.22. The van der Waals surface area contributed by atoms with Crippen LogP contribution in [0.5, 0.6) is 0 Å². The minimum absolute atomic E-state index is 0.190. The highest BCUT2D eigenvalue weighted by molar-refractivity contribution is 5.74. The third kappa shape index (κ3) is 2.78. The average molecular weight is 244 g/mol. The summed E-state index contributed by atoms with van der Waals surface area (Å²) in [6.07, 6.45) is 3.74. The molecule has 2 aromatic rings. The number of aromatic nitrogens is 2. The highest BCUT2D eigenvalue weighted by Gasteiger charge is 2.10. The number of rotatable bonds is 6. The van der Waals surface area contributed by atoms with Crippen LogP contribution in [0.3, 0.4) is 0 Å². The first-order valence-electron chi connectivity index (χ1n) is 6.27. The number of hydrogen-bond acceptors (Lipinski definition) is 3. The quantitative estimate of drug-likeness (QED) is 0.465. The van der Waals surface area contributed by atoms with Gasteiger partial charge < -0.3 is 4.57 Å². The molecule has 0 spiro atoms. The summed E-state index contributed by atoms with van der Waals surface area (Å²) < 4.78 is 2.13. The van der Waals surface area contributed by atoms with Crippen LogP contribution in [0.2, 0.25) is 0 Å². The smallest absolute Gasteiger partial charge is 0.0958 e. The van der Waals surface area contributed by atoms with Gasteiger partial charge in [-0.1, -0.05) is 31.2 Å². The Labute approximate surface area is 107 Å². The highest BCUT2D eigenvalue weighted by atomic mass is 15.2. The van der Waals surface area contributed by atoms with E-state index in [0.29, 0.717) is 0 Å². The van der Waals surface area contributed by atoms with Crippen molar-refractivity contribution in [3.8, 4) is 0 Å². The van der Waals surface area contributed by atoms with Gasteiger partial charge in [-0.05, 0) is 25.0 Å². The average Bonchev–Trinajstić information content (AvgIpc) is 2.81. The summed E-state index contributed by atoms with van der Waals surface area (Å²) in [5, 5.41) is 0. The van der Waals surface area contributed by atoms with Crippen LogP contribution < -0.4 is 11.3 Å². The predicted molar refractivity (Wildman–Crippen MR) is 74.9 cm³/mol. The first-order chi connectivity index (χ1) is 8.74. The zero-order chi connectivity index (χ0) is 13.0. The molecule has 4 nitrogen and oxygen atoms in total. The number of hydrogen-bond donors (Lipinski definition) is 2. The lowest BCUT2D eigenvalue weighted by Crippen LogP contribution is -2.38. The van der Waals surface area contributed by atoms with E-state index in [1.807, 2.05) is 24.5 Å². The van der Waals surface area contributed by atoms with E-state index in [-0.39, 0.29) is 6.04 Å². The van der Waals surface area contributed by atoms with Crippen LogP contribution in [-0.2, 0) is 6.54 Å². The molecule has 2 rings (SSSR count). The van der Waals surface area contributed by atoms with Gasteiger partial charge in [0.2, 0.25) is 0 Å². The van der Waals surface area contributed by atoms with Crippen LogP contribution in [0.4, 0.5) is 0 Å². The molecule has 3 N–H and O–H groups in total. The highest BCUT2D eigenvalue weighted by Crippen LogP contribution is 2.14. The summed E-state index contributed by atoms with van der Waals surface area (Å²) >= 11 is 0. The van der Waals surface area contributed by atoms with Gasteiger partial charge in [-0.15, -0.1) is 0 Å². The Morgan fingerprint density at radius 3 is 3.00 bits per heavy atom. The Kier molecular flexibility index (Phi) is 4.12. The second-order valence-electron chi connectivity index (χ2n) is 4.56. The maximum absolute atomic E-state index is 5.61. The van der Waals surface area contributed by atoms with Gasteiger partial charge >= 0.3 is 0 Å². The van der Waals surface area contributed by atoms with Crippen molar-refractivity contribution in [3.05, 3.63) is 42.7 Å². The molecule has 0 aliphatic rings. The minimum Gasteiger partial charge on any atom is -0.329 e. The van der Waals surface area contributed by atoms with Gasteiger partial charge in [0.1, 0.15) is 0 Å². The normalized spacial score (nSPS) is 12.8. The lowest BCUT2D eigenvalue weighted by Gasteiger charge is -2.17. The summed E-state index contributed by atoms with van der Waals surface area (Å²) in [6.45, 7) is 6.95. The summed E-state index contributed by atoms with van der Waals surface area (Å²) in [5.74, 6) is 5.61. The summed E-state index contributed by atoms with van der Waals surface area (Å²) in [4.78, 5) is 4.38. The fourth-order valence-corrected chi connectivity index (χ4v) is 2.06. The Hall–Kier alpha value is -1.65. The van der Waals surface area contributed by atoms with Gasteiger partial charge in [0.25, 0.3) is 0 Å². The molecule has 0 aliphatic carbocycles. The molecule has 0 bridgehead atoms. The SMILES string of the molecule is C=C(CC)CC(Cn1cnc2ccccc21)NN. The van der Waals surface area contributed by atoms with Gasteiger partial charge in [0.15, 0.2) is 0 Å². The maximum atomic E-state index is 5.61. The number of hydrazine groups is 1. The Morgan fingerprint density at radius 2 is 2.28 bits per heavy atom.